The van der Waals surface area contributed by atoms with Crippen LogP contribution in [0.5, 0.6) is 17.2 Å². The first-order valence-electron chi connectivity index (χ1n) is 7.89. The molecule has 1 aromatic heterocycles. The Morgan fingerprint density at radius 2 is 2.04 bits per heavy atom. The van der Waals surface area contributed by atoms with Crippen LogP contribution in [0.25, 0.3) is 11.3 Å². The first-order chi connectivity index (χ1) is 13.1. The highest BCUT2D eigenvalue weighted by Crippen LogP contribution is 2.36. The number of nitrogens with zero attached hydrogens (tertiary/aromatic N) is 1. The first kappa shape index (κ1) is 17.4. The Morgan fingerprint density at radius 3 is 2.89 bits per heavy atom. The lowest BCUT2D eigenvalue weighted by molar-refractivity contribution is 0.174. The average molecular weight is 404 g/mol. The molecule has 2 N–H and O–H groups in total. The zero-order valence-corrected chi connectivity index (χ0v) is 15.7. The van der Waals surface area contributed by atoms with Crippen molar-refractivity contribution in [2.24, 2.45) is 0 Å². The molecule has 2 heterocycles. The maximum Gasteiger partial charge on any atom is 0.325 e. The molecule has 138 valence electrons. The molecule has 0 saturated heterocycles. The number of carbonyl (C=O) groups excluding carboxylic acids is 1. The van der Waals surface area contributed by atoms with E-state index in [1.807, 2.05) is 23.6 Å². The SMILES string of the molecule is COc1ccc(Cl)cc1NC(=O)Nc1nc(-c2ccc3c(c2)OCO3)cs1. The van der Waals surface area contributed by atoms with Crippen LogP contribution in [0.4, 0.5) is 15.6 Å². The van der Waals surface area contributed by atoms with Crippen molar-refractivity contribution in [3.8, 4) is 28.5 Å². The van der Waals surface area contributed by atoms with Crippen LogP contribution in [0, 0.1) is 0 Å². The Hall–Kier alpha value is -2.97. The number of hydrogen-bond acceptors (Lipinski definition) is 6. The zero-order chi connectivity index (χ0) is 18.8. The van der Waals surface area contributed by atoms with E-state index in [1.54, 1.807) is 18.2 Å². The highest BCUT2D eigenvalue weighted by Gasteiger charge is 2.16. The normalized spacial score (nSPS) is 11.9. The van der Waals surface area contributed by atoms with E-state index < -0.39 is 6.03 Å². The minimum Gasteiger partial charge on any atom is -0.495 e. The highest BCUT2D eigenvalue weighted by atomic mass is 35.5. The summed E-state index contributed by atoms with van der Waals surface area (Å²) in [5, 5.41) is 8.22. The van der Waals surface area contributed by atoms with Crippen LogP contribution in [-0.2, 0) is 0 Å². The van der Waals surface area contributed by atoms with Crippen molar-refractivity contribution in [1.29, 1.82) is 0 Å². The number of carbonyl (C=O) groups is 1. The summed E-state index contributed by atoms with van der Waals surface area (Å²) in [4.78, 5) is 16.7. The number of nitrogens with one attached hydrogen (secondary N) is 2. The second kappa shape index (κ2) is 7.34. The quantitative estimate of drug-likeness (QED) is 0.651. The number of urea groups is 1. The molecule has 0 spiro atoms. The van der Waals surface area contributed by atoms with Gasteiger partial charge in [-0.3, -0.25) is 5.32 Å². The van der Waals surface area contributed by atoms with Crippen molar-refractivity contribution < 1.29 is 19.0 Å². The molecular weight excluding hydrogens is 390 g/mol. The fraction of sp³-hybridized carbons (Fsp3) is 0.111. The summed E-state index contributed by atoms with van der Waals surface area (Å²) >= 11 is 7.29. The second-order valence-corrected chi connectivity index (χ2v) is 6.82. The van der Waals surface area contributed by atoms with Crippen LogP contribution in [0.2, 0.25) is 5.02 Å². The summed E-state index contributed by atoms with van der Waals surface area (Å²) in [5.41, 5.74) is 2.07. The lowest BCUT2D eigenvalue weighted by Gasteiger charge is -2.10. The molecule has 2 aromatic carbocycles. The maximum absolute atomic E-state index is 12.3. The van der Waals surface area contributed by atoms with Gasteiger partial charge < -0.3 is 19.5 Å². The topological polar surface area (TPSA) is 81.7 Å². The maximum atomic E-state index is 12.3. The number of halogens is 1. The fourth-order valence-electron chi connectivity index (χ4n) is 2.55. The molecule has 0 atom stereocenters. The molecule has 0 bridgehead atoms. The number of thiazole rings is 1. The summed E-state index contributed by atoms with van der Waals surface area (Å²) in [6.07, 6.45) is 0. The standard InChI is InChI=1S/C18H14ClN3O4S/c1-24-14-5-3-11(19)7-12(14)20-17(23)22-18-21-13(8-27-18)10-2-4-15-16(6-10)26-9-25-15/h2-8H,9H2,1H3,(H2,20,21,22,23). The van der Waals surface area contributed by atoms with Gasteiger partial charge in [0.15, 0.2) is 16.6 Å². The van der Waals surface area contributed by atoms with E-state index in [2.05, 4.69) is 15.6 Å². The Morgan fingerprint density at radius 1 is 1.19 bits per heavy atom. The van der Waals surface area contributed by atoms with Gasteiger partial charge in [0.05, 0.1) is 18.5 Å². The Labute approximate surface area is 163 Å². The van der Waals surface area contributed by atoms with E-state index in [0.29, 0.717) is 33.1 Å². The molecule has 1 aliphatic heterocycles. The summed E-state index contributed by atoms with van der Waals surface area (Å²) < 4.78 is 15.9. The Bertz CT molecular complexity index is 1010. The lowest BCUT2D eigenvalue weighted by Crippen LogP contribution is -2.19. The molecule has 9 heteroatoms. The number of anilines is 2. The minimum atomic E-state index is -0.442. The molecule has 3 aromatic rings. The molecule has 0 fully saturated rings. The van der Waals surface area contributed by atoms with Crippen LogP contribution < -0.4 is 24.8 Å². The van der Waals surface area contributed by atoms with E-state index in [4.69, 9.17) is 25.8 Å². The number of ether oxygens (including phenoxy) is 3. The van der Waals surface area contributed by atoms with Gasteiger partial charge in [-0.1, -0.05) is 11.6 Å². The monoisotopic (exact) mass is 403 g/mol. The smallest absolute Gasteiger partial charge is 0.325 e. The molecule has 2 amide bonds. The number of rotatable bonds is 4. The second-order valence-electron chi connectivity index (χ2n) is 5.53. The average Bonchev–Trinajstić information content (AvgIpc) is 3.30. The third-order valence-electron chi connectivity index (χ3n) is 3.80. The predicted octanol–water partition coefficient (Wildman–Crippen LogP) is 4.84. The predicted molar refractivity (Wildman–Crippen MR) is 104 cm³/mol. The van der Waals surface area contributed by atoms with Crippen LogP contribution in [0.1, 0.15) is 0 Å². The van der Waals surface area contributed by atoms with E-state index in [1.165, 1.54) is 18.4 Å². The van der Waals surface area contributed by atoms with Gasteiger partial charge in [-0.15, -0.1) is 11.3 Å². The highest BCUT2D eigenvalue weighted by molar-refractivity contribution is 7.14. The van der Waals surface area contributed by atoms with Gasteiger partial charge in [0.2, 0.25) is 6.79 Å². The van der Waals surface area contributed by atoms with Gasteiger partial charge in [0.25, 0.3) is 0 Å². The Balaban J connectivity index is 1.46. The van der Waals surface area contributed by atoms with Gasteiger partial charge in [-0.2, -0.15) is 0 Å². The third-order valence-corrected chi connectivity index (χ3v) is 4.80. The molecule has 0 radical (unpaired) electrons. The summed E-state index contributed by atoms with van der Waals surface area (Å²) in [7, 11) is 1.52. The molecule has 27 heavy (non-hydrogen) atoms. The summed E-state index contributed by atoms with van der Waals surface area (Å²) in [6.45, 7) is 0.218. The van der Waals surface area contributed by atoms with E-state index in [0.717, 1.165) is 11.3 Å². The van der Waals surface area contributed by atoms with E-state index >= 15 is 0 Å². The van der Waals surface area contributed by atoms with Crippen molar-refractivity contribution >= 4 is 39.8 Å². The van der Waals surface area contributed by atoms with Crippen LogP contribution in [-0.4, -0.2) is 24.9 Å². The van der Waals surface area contributed by atoms with E-state index in [-0.39, 0.29) is 6.79 Å². The summed E-state index contributed by atoms with van der Waals surface area (Å²) in [6, 6.07) is 10.1. The van der Waals surface area contributed by atoms with Crippen molar-refractivity contribution in [3.63, 3.8) is 0 Å². The minimum absolute atomic E-state index is 0.218. The summed E-state index contributed by atoms with van der Waals surface area (Å²) in [5.74, 6) is 1.90. The largest absolute Gasteiger partial charge is 0.495 e. The molecule has 0 aliphatic carbocycles. The third kappa shape index (κ3) is 3.76. The van der Waals surface area contributed by atoms with Gasteiger partial charge >= 0.3 is 6.03 Å². The van der Waals surface area contributed by atoms with Crippen molar-refractivity contribution in [2.75, 3.05) is 24.5 Å². The number of benzene rings is 2. The molecule has 0 saturated carbocycles. The van der Waals surface area contributed by atoms with Gasteiger partial charge in [-0.05, 0) is 36.4 Å². The number of methoxy groups -OCH3 is 1. The number of hydrogen-bond donors (Lipinski definition) is 2. The van der Waals surface area contributed by atoms with Crippen LogP contribution in [0.3, 0.4) is 0 Å². The fourth-order valence-corrected chi connectivity index (χ4v) is 3.44. The van der Waals surface area contributed by atoms with Gasteiger partial charge in [-0.25, -0.2) is 9.78 Å². The first-order valence-corrected chi connectivity index (χ1v) is 9.15. The zero-order valence-electron chi connectivity index (χ0n) is 14.1. The van der Waals surface area contributed by atoms with Crippen molar-refractivity contribution in [1.82, 2.24) is 4.98 Å². The number of fused-ring (bicyclic) bond motifs is 1. The van der Waals surface area contributed by atoms with Crippen LogP contribution >= 0.6 is 22.9 Å². The van der Waals surface area contributed by atoms with Crippen molar-refractivity contribution in [2.45, 2.75) is 0 Å². The molecular formula is C18H14ClN3O4S. The number of amides is 2. The van der Waals surface area contributed by atoms with Crippen LogP contribution in [0.15, 0.2) is 41.8 Å². The molecule has 4 rings (SSSR count). The van der Waals surface area contributed by atoms with Crippen molar-refractivity contribution in [3.05, 3.63) is 46.8 Å². The van der Waals surface area contributed by atoms with Gasteiger partial charge in [0.1, 0.15) is 5.75 Å². The molecule has 0 unspecified atom stereocenters. The number of aromatic nitrogens is 1. The molecule has 7 nitrogen and oxygen atoms in total. The van der Waals surface area contributed by atoms with Gasteiger partial charge in [0, 0.05) is 16.0 Å². The lowest BCUT2D eigenvalue weighted by atomic mass is 10.1. The van der Waals surface area contributed by atoms with E-state index in [9.17, 15) is 4.79 Å². The Kier molecular flexibility index (Phi) is 4.74. The molecule has 1 aliphatic rings.